The molecule has 0 atom stereocenters. The zero-order valence-electron chi connectivity index (χ0n) is 11.9. The summed E-state index contributed by atoms with van der Waals surface area (Å²) in [5.74, 6) is 0.708. The molecule has 0 aliphatic carbocycles. The summed E-state index contributed by atoms with van der Waals surface area (Å²) in [6, 6.07) is 7.43. The van der Waals surface area contributed by atoms with Gasteiger partial charge in [-0.05, 0) is 11.6 Å². The monoisotopic (exact) mass is 327 g/mol. The normalized spacial score (nSPS) is 11.8. The van der Waals surface area contributed by atoms with Gasteiger partial charge in [-0.2, -0.15) is 8.78 Å². The number of benzene rings is 1. The Kier molecular flexibility index (Phi) is 5.71. The van der Waals surface area contributed by atoms with Crippen LogP contribution in [0.2, 0.25) is 5.02 Å². The van der Waals surface area contributed by atoms with Gasteiger partial charge in [0.05, 0.1) is 6.54 Å². The molecule has 0 aliphatic rings. The Hall–Kier alpha value is -2.15. The zero-order valence-corrected chi connectivity index (χ0v) is 12.7. The first-order valence-electron chi connectivity index (χ1n) is 6.59. The maximum absolute atomic E-state index is 12.7. The SMILES string of the molecule is CN=C(NCc1ccccc1Cl)NCc1nccn1C(F)F. The van der Waals surface area contributed by atoms with Crippen molar-refractivity contribution in [3.8, 4) is 0 Å². The quantitative estimate of drug-likeness (QED) is 0.656. The number of hydrogen-bond acceptors (Lipinski definition) is 2. The van der Waals surface area contributed by atoms with Crippen LogP contribution in [0.1, 0.15) is 17.9 Å². The summed E-state index contributed by atoms with van der Waals surface area (Å²) >= 11 is 6.07. The maximum Gasteiger partial charge on any atom is 0.319 e. The molecule has 1 aromatic heterocycles. The second-order valence-electron chi connectivity index (χ2n) is 4.40. The molecule has 0 radical (unpaired) electrons. The number of halogens is 3. The van der Waals surface area contributed by atoms with Gasteiger partial charge in [0, 0.05) is 31.0 Å². The number of nitrogens with one attached hydrogen (secondary N) is 2. The molecule has 0 unspecified atom stereocenters. The molecule has 0 amide bonds. The largest absolute Gasteiger partial charge is 0.352 e. The Bertz CT molecular complexity index is 642. The van der Waals surface area contributed by atoms with Crippen molar-refractivity contribution in [1.29, 1.82) is 0 Å². The second kappa shape index (κ2) is 7.74. The third kappa shape index (κ3) is 4.17. The molecule has 2 N–H and O–H groups in total. The number of aromatic nitrogens is 2. The predicted molar refractivity (Wildman–Crippen MR) is 82.0 cm³/mol. The standard InChI is InChI=1S/C14H16ClF2N5/c1-18-14(20-8-10-4-2-3-5-11(10)15)21-9-12-19-6-7-22(12)13(16)17/h2-7,13H,8-9H2,1H3,(H2,18,20,21). The van der Waals surface area contributed by atoms with Crippen molar-refractivity contribution in [3.05, 3.63) is 53.1 Å². The maximum atomic E-state index is 12.7. The first-order chi connectivity index (χ1) is 10.6. The molecule has 0 saturated heterocycles. The summed E-state index contributed by atoms with van der Waals surface area (Å²) in [6.07, 6.45) is 2.57. The van der Waals surface area contributed by atoms with Gasteiger partial charge in [0.25, 0.3) is 0 Å². The predicted octanol–water partition coefficient (Wildman–Crippen LogP) is 2.80. The van der Waals surface area contributed by atoms with Crippen LogP contribution in [0.3, 0.4) is 0 Å². The molecule has 22 heavy (non-hydrogen) atoms. The minimum absolute atomic E-state index is 0.138. The van der Waals surface area contributed by atoms with Crippen molar-refractivity contribution in [3.63, 3.8) is 0 Å². The topological polar surface area (TPSA) is 54.2 Å². The van der Waals surface area contributed by atoms with E-state index in [1.807, 2.05) is 18.2 Å². The third-order valence-corrected chi connectivity index (χ3v) is 3.37. The first-order valence-corrected chi connectivity index (χ1v) is 6.97. The highest BCUT2D eigenvalue weighted by Gasteiger charge is 2.11. The van der Waals surface area contributed by atoms with E-state index in [-0.39, 0.29) is 12.4 Å². The number of alkyl halides is 2. The van der Waals surface area contributed by atoms with Crippen molar-refractivity contribution in [2.24, 2.45) is 4.99 Å². The van der Waals surface area contributed by atoms with Crippen LogP contribution in [-0.2, 0) is 13.1 Å². The molecule has 0 bridgehead atoms. The van der Waals surface area contributed by atoms with Crippen molar-refractivity contribution < 1.29 is 8.78 Å². The Balaban J connectivity index is 1.90. The lowest BCUT2D eigenvalue weighted by Crippen LogP contribution is -2.37. The fourth-order valence-electron chi connectivity index (χ4n) is 1.86. The average Bonchev–Trinajstić information content (AvgIpc) is 2.98. The van der Waals surface area contributed by atoms with E-state index in [1.54, 1.807) is 13.1 Å². The molecule has 8 heteroatoms. The molecule has 0 fully saturated rings. The number of aliphatic imine (C=N–C) groups is 1. The highest BCUT2D eigenvalue weighted by atomic mass is 35.5. The average molecular weight is 328 g/mol. The molecule has 2 aromatic rings. The number of rotatable bonds is 5. The van der Waals surface area contributed by atoms with Gasteiger partial charge in [-0.15, -0.1) is 0 Å². The van der Waals surface area contributed by atoms with Crippen LogP contribution in [0.4, 0.5) is 8.78 Å². The summed E-state index contributed by atoms with van der Waals surface area (Å²) in [6.45, 7) is -2.00. The highest BCUT2D eigenvalue weighted by molar-refractivity contribution is 6.31. The number of nitrogens with zero attached hydrogens (tertiary/aromatic N) is 3. The molecule has 5 nitrogen and oxygen atoms in total. The highest BCUT2D eigenvalue weighted by Crippen LogP contribution is 2.14. The van der Waals surface area contributed by atoms with Crippen LogP contribution in [0.15, 0.2) is 41.7 Å². The van der Waals surface area contributed by atoms with Crippen LogP contribution in [0, 0.1) is 0 Å². The van der Waals surface area contributed by atoms with Gasteiger partial charge in [-0.1, -0.05) is 29.8 Å². The summed E-state index contributed by atoms with van der Waals surface area (Å²) in [5.41, 5.74) is 0.918. The van der Waals surface area contributed by atoms with E-state index in [1.165, 1.54) is 12.4 Å². The minimum Gasteiger partial charge on any atom is -0.352 e. The molecule has 0 aliphatic heterocycles. The van der Waals surface area contributed by atoms with Crippen molar-refractivity contribution in [2.75, 3.05) is 7.05 Å². The molecule has 1 aromatic carbocycles. The van der Waals surface area contributed by atoms with Crippen molar-refractivity contribution in [2.45, 2.75) is 19.6 Å². The van der Waals surface area contributed by atoms with E-state index in [9.17, 15) is 8.78 Å². The molecule has 118 valence electrons. The summed E-state index contributed by atoms with van der Waals surface area (Å²) in [7, 11) is 1.60. The Morgan fingerprint density at radius 1 is 1.32 bits per heavy atom. The van der Waals surface area contributed by atoms with E-state index in [0.29, 0.717) is 17.5 Å². The van der Waals surface area contributed by atoms with Gasteiger partial charge in [0.1, 0.15) is 5.82 Å². The van der Waals surface area contributed by atoms with E-state index in [4.69, 9.17) is 11.6 Å². The van der Waals surface area contributed by atoms with Crippen LogP contribution < -0.4 is 10.6 Å². The van der Waals surface area contributed by atoms with Gasteiger partial charge in [-0.3, -0.25) is 9.56 Å². The minimum atomic E-state index is -2.61. The Morgan fingerprint density at radius 3 is 2.73 bits per heavy atom. The van der Waals surface area contributed by atoms with E-state index >= 15 is 0 Å². The zero-order chi connectivity index (χ0) is 15.9. The molecule has 0 saturated carbocycles. The van der Waals surface area contributed by atoms with Crippen LogP contribution in [0.5, 0.6) is 0 Å². The van der Waals surface area contributed by atoms with Crippen LogP contribution in [0.25, 0.3) is 0 Å². The van der Waals surface area contributed by atoms with Crippen LogP contribution in [-0.4, -0.2) is 22.6 Å². The first kappa shape index (κ1) is 16.2. The van der Waals surface area contributed by atoms with Gasteiger partial charge in [0.15, 0.2) is 5.96 Å². The second-order valence-corrected chi connectivity index (χ2v) is 4.81. The number of hydrogen-bond donors (Lipinski definition) is 2. The lowest BCUT2D eigenvalue weighted by Gasteiger charge is -2.13. The fourth-order valence-corrected chi connectivity index (χ4v) is 2.07. The summed E-state index contributed by atoms with van der Waals surface area (Å²) in [5, 5.41) is 6.66. The lowest BCUT2D eigenvalue weighted by molar-refractivity contribution is 0.0668. The third-order valence-electron chi connectivity index (χ3n) is 3.00. The van der Waals surface area contributed by atoms with Crippen molar-refractivity contribution in [1.82, 2.24) is 20.2 Å². The molecule has 0 spiro atoms. The molecule has 2 rings (SSSR count). The summed E-state index contributed by atoms with van der Waals surface area (Å²) < 4.78 is 26.2. The summed E-state index contributed by atoms with van der Waals surface area (Å²) in [4.78, 5) is 7.93. The molecule has 1 heterocycles. The van der Waals surface area contributed by atoms with Gasteiger partial charge >= 0.3 is 6.55 Å². The molecular formula is C14H16ClF2N5. The molecular weight excluding hydrogens is 312 g/mol. The number of imidazole rings is 1. The Labute approximate surface area is 132 Å². The Morgan fingerprint density at radius 2 is 2.05 bits per heavy atom. The van der Waals surface area contributed by atoms with E-state index in [0.717, 1.165) is 10.1 Å². The van der Waals surface area contributed by atoms with E-state index < -0.39 is 6.55 Å². The lowest BCUT2D eigenvalue weighted by atomic mass is 10.2. The van der Waals surface area contributed by atoms with Gasteiger partial charge in [-0.25, -0.2) is 4.98 Å². The number of guanidine groups is 1. The van der Waals surface area contributed by atoms with Gasteiger partial charge < -0.3 is 10.6 Å². The smallest absolute Gasteiger partial charge is 0.319 e. The van der Waals surface area contributed by atoms with Gasteiger partial charge in [0.2, 0.25) is 0 Å². The van der Waals surface area contributed by atoms with Crippen LogP contribution >= 0.6 is 11.6 Å². The fraction of sp³-hybridized carbons (Fsp3) is 0.286. The van der Waals surface area contributed by atoms with E-state index in [2.05, 4.69) is 20.6 Å². The van der Waals surface area contributed by atoms with Crippen molar-refractivity contribution >= 4 is 17.6 Å².